The van der Waals surface area contributed by atoms with Gasteiger partial charge in [-0.25, -0.2) is 0 Å². The first-order valence-corrected chi connectivity index (χ1v) is 8.42. The van der Waals surface area contributed by atoms with Gasteiger partial charge in [0.05, 0.1) is 6.10 Å². The molecule has 1 heterocycles. The predicted molar refractivity (Wildman–Crippen MR) is 83.6 cm³/mol. The molecule has 0 atom stereocenters. The number of unbranched alkanes of at least 4 members (excludes halogenated alkanes) is 2. The Hall–Kier alpha value is -0.0800. The molecule has 0 aromatic rings. The monoisotopic (exact) mass is 269 g/mol. The molecule has 0 N–H and O–H groups in total. The Bertz CT molecular complexity index is 207. The fourth-order valence-electron chi connectivity index (χ4n) is 2.86. The average Bonchev–Trinajstić information content (AvgIpc) is 2.34. The van der Waals surface area contributed by atoms with Crippen molar-refractivity contribution in [2.45, 2.75) is 72.3 Å². The normalized spacial score (nSPS) is 18.6. The molecule has 1 aliphatic rings. The minimum absolute atomic E-state index is 0.536. The van der Waals surface area contributed by atoms with Gasteiger partial charge in [-0.05, 0) is 31.1 Å². The summed E-state index contributed by atoms with van der Waals surface area (Å²) < 4.78 is 6.02. The molecular weight excluding hydrogens is 234 g/mol. The zero-order valence-electron chi connectivity index (χ0n) is 13.7. The van der Waals surface area contributed by atoms with E-state index in [1.165, 1.54) is 58.2 Å². The van der Waals surface area contributed by atoms with E-state index >= 15 is 0 Å². The summed E-state index contributed by atoms with van der Waals surface area (Å²) >= 11 is 0. The molecule has 19 heavy (non-hydrogen) atoms. The average molecular weight is 269 g/mol. The number of rotatable bonds is 9. The number of likely N-dealkylation sites (tertiary alicyclic amines) is 1. The highest BCUT2D eigenvalue weighted by Gasteiger charge is 2.19. The first-order chi connectivity index (χ1) is 9.08. The van der Waals surface area contributed by atoms with E-state index in [1.54, 1.807) is 0 Å². The van der Waals surface area contributed by atoms with Gasteiger partial charge in [-0.2, -0.15) is 0 Å². The van der Waals surface area contributed by atoms with Crippen LogP contribution in [0.15, 0.2) is 0 Å². The molecule has 0 radical (unpaired) electrons. The molecule has 0 aromatic carbocycles. The van der Waals surface area contributed by atoms with E-state index in [2.05, 4.69) is 32.6 Å². The highest BCUT2D eigenvalue weighted by atomic mass is 16.5. The summed E-state index contributed by atoms with van der Waals surface area (Å²) in [6.07, 6.45) is 8.33. The minimum atomic E-state index is 0.536. The molecule has 114 valence electrons. The predicted octanol–water partition coefficient (Wildman–Crippen LogP) is 4.34. The third-order valence-electron chi connectivity index (χ3n) is 3.94. The van der Waals surface area contributed by atoms with Crippen molar-refractivity contribution in [1.29, 1.82) is 0 Å². The van der Waals surface area contributed by atoms with Gasteiger partial charge in [0.1, 0.15) is 0 Å². The quantitative estimate of drug-likeness (QED) is 0.577. The van der Waals surface area contributed by atoms with Crippen molar-refractivity contribution in [2.75, 3.05) is 26.2 Å². The Kier molecular flexibility index (Phi) is 8.72. The summed E-state index contributed by atoms with van der Waals surface area (Å²) in [7, 11) is 0. The van der Waals surface area contributed by atoms with Crippen molar-refractivity contribution in [3.63, 3.8) is 0 Å². The number of hydrogen-bond acceptors (Lipinski definition) is 2. The zero-order valence-corrected chi connectivity index (χ0v) is 13.7. The molecule has 1 fully saturated rings. The van der Waals surface area contributed by atoms with E-state index in [-0.39, 0.29) is 0 Å². The van der Waals surface area contributed by atoms with Crippen LogP contribution in [0.2, 0.25) is 0 Å². The van der Waals surface area contributed by atoms with E-state index in [4.69, 9.17) is 4.74 Å². The third kappa shape index (κ3) is 8.65. The van der Waals surface area contributed by atoms with Crippen LogP contribution in [-0.2, 0) is 4.74 Å². The fourth-order valence-corrected chi connectivity index (χ4v) is 2.86. The summed E-state index contributed by atoms with van der Waals surface area (Å²) in [6, 6.07) is 0. The number of hydrogen-bond donors (Lipinski definition) is 0. The van der Waals surface area contributed by atoms with E-state index in [0.29, 0.717) is 6.10 Å². The van der Waals surface area contributed by atoms with Crippen molar-refractivity contribution in [2.24, 2.45) is 11.8 Å². The van der Waals surface area contributed by atoms with E-state index in [1.807, 2.05) is 0 Å². The van der Waals surface area contributed by atoms with Crippen LogP contribution in [0.4, 0.5) is 0 Å². The lowest BCUT2D eigenvalue weighted by Gasteiger charge is -2.32. The van der Waals surface area contributed by atoms with E-state index in [0.717, 1.165) is 18.4 Å². The van der Waals surface area contributed by atoms with Gasteiger partial charge in [0.25, 0.3) is 0 Å². The van der Waals surface area contributed by atoms with Crippen LogP contribution >= 0.6 is 0 Å². The SMILES string of the molecule is CC(C)CCCCCOC1CCN(CC(C)C)CC1. The van der Waals surface area contributed by atoms with Gasteiger partial charge < -0.3 is 9.64 Å². The molecule has 1 aliphatic heterocycles. The lowest BCUT2D eigenvalue weighted by Crippen LogP contribution is -2.39. The Morgan fingerprint density at radius 2 is 1.63 bits per heavy atom. The zero-order chi connectivity index (χ0) is 14.1. The molecule has 1 rings (SSSR count). The lowest BCUT2D eigenvalue weighted by atomic mass is 10.1. The minimum Gasteiger partial charge on any atom is -0.378 e. The van der Waals surface area contributed by atoms with Gasteiger partial charge in [-0.1, -0.05) is 47.0 Å². The molecule has 2 heteroatoms. The first-order valence-electron chi connectivity index (χ1n) is 8.42. The molecular formula is C17H35NO. The summed E-state index contributed by atoms with van der Waals surface area (Å²) in [5.41, 5.74) is 0. The van der Waals surface area contributed by atoms with Gasteiger partial charge in [0, 0.05) is 26.2 Å². The van der Waals surface area contributed by atoms with Crippen LogP contribution in [0, 0.1) is 11.8 Å². The van der Waals surface area contributed by atoms with Crippen LogP contribution < -0.4 is 0 Å². The molecule has 2 nitrogen and oxygen atoms in total. The van der Waals surface area contributed by atoms with Gasteiger partial charge in [0.2, 0.25) is 0 Å². The Balaban J connectivity index is 1.95. The Morgan fingerprint density at radius 3 is 2.21 bits per heavy atom. The second-order valence-corrected chi connectivity index (χ2v) is 7.01. The summed E-state index contributed by atoms with van der Waals surface area (Å²) in [5, 5.41) is 0. The van der Waals surface area contributed by atoms with Gasteiger partial charge >= 0.3 is 0 Å². The molecule has 1 saturated heterocycles. The summed E-state index contributed by atoms with van der Waals surface area (Å²) in [4.78, 5) is 2.59. The van der Waals surface area contributed by atoms with Crippen molar-refractivity contribution in [3.05, 3.63) is 0 Å². The third-order valence-corrected chi connectivity index (χ3v) is 3.94. The maximum absolute atomic E-state index is 6.02. The molecule has 0 aliphatic carbocycles. The highest BCUT2D eigenvalue weighted by Crippen LogP contribution is 2.16. The van der Waals surface area contributed by atoms with Crippen molar-refractivity contribution in [3.8, 4) is 0 Å². The maximum atomic E-state index is 6.02. The molecule has 0 spiro atoms. The second kappa shape index (κ2) is 9.77. The van der Waals surface area contributed by atoms with Crippen molar-refractivity contribution in [1.82, 2.24) is 4.90 Å². The molecule has 0 bridgehead atoms. The van der Waals surface area contributed by atoms with Crippen molar-refractivity contribution >= 4 is 0 Å². The highest BCUT2D eigenvalue weighted by molar-refractivity contribution is 4.73. The van der Waals surface area contributed by atoms with Gasteiger partial charge in [0.15, 0.2) is 0 Å². The topological polar surface area (TPSA) is 12.5 Å². The molecule has 0 saturated carbocycles. The van der Waals surface area contributed by atoms with Crippen LogP contribution in [0.3, 0.4) is 0 Å². The van der Waals surface area contributed by atoms with Crippen LogP contribution in [0.25, 0.3) is 0 Å². The Morgan fingerprint density at radius 1 is 0.947 bits per heavy atom. The standard InChI is InChI=1S/C17H35NO/c1-15(2)8-6-5-7-13-19-17-9-11-18(12-10-17)14-16(3)4/h15-17H,5-14H2,1-4H3. The van der Waals surface area contributed by atoms with Gasteiger partial charge in [-0.15, -0.1) is 0 Å². The smallest absolute Gasteiger partial charge is 0.0599 e. The Labute approximate surface area is 120 Å². The van der Waals surface area contributed by atoms with Gasteiger partial charge in [-0.3, -0.25) is 0 Å². The number of nitrogens with zero attached hydrogens (tertiary/aromatic N) is 1. The first kappa shape index (κ1) is 17.0. The fraction of sp³-hybridized carbons (Fsp3) is 1.00. The van der Waals surface area contributed by atoms with Crippen molar-refractivity contribution < 1.29 is 4.74 Å². The number of ether oxygens (including phenoxy) is 1. The number of piperidine rings is 1. The summed E-state index contributed by atoms with van der Waals surface area (Å²) in [5.74, 6) is 1.64. The van der Waals surface area contributed by atoms with Crippen LogP contribution in [0.5, 0.6) is 0 Å². The van der Waals surface area contributed by atoms with Crippen LogP contribution in [-0.4, -0.2) is 37.2 Å². The largest absolute Gasteiger partial charge is 0.378 e. The maximum Gasteiger partial charge on any atom is 0.0599 e. The van der Waals surface area contributed by atoms with E-state index in [9.17, 15) is 0 Å². The summed E-state index contributed by atoms with van der Waals surface area (Å²) in [6.45, 7) is 13.9. The van der Waals surface area contributed by atoms with Crippen LogP contribution in [0.1, 0.15) is 66.2 Å². The molecule has 0 amide bonds. The molecule has 0 unspecified atom stereocenters. The van der Waals surface area contributed by atoms with E-state index < -0.39 is 0 Å². The second-order valence-electron chi connectivity index (χ2n) is 7.01. The lowest BCUT2D eigenvalue weighted by molar-refractivity contribution is 0.00383. The molecule has 0 aromatic heterocycles.